The van der Waals surface area contributed by atoms with Crippen molar-refractivity contribution in [3.8, 4) is 0 Å². The van der Waals surface area contributed by atoms with Gasteiger partial charge in [-0.1, -0.05) is 20.8 Å². The third-order valence-corrected chi connectivity index (χ3v) is 3.58. The molecule has 0 bridgehead atoms. The molecule has 3 amide bonds. The second-order valence-electron chi connectivity index (χ2n) is 6.50. The maximum absolute atomic E-state index is 12.4. The molecule has 2 N–H and O–H groups in total. The number of nitrogens with zero attached hydrogens (tertiary/aromatic N) is 1. The molecule has 0 unspecified atom stereocenters. The Morgan fingerprint density at radius 1 is 1.44 bits per heavy atom. The lowest BCUT2D eigenvalue weighted by atomic mass is 9.87. The zero-order valence-corrected chi connectivity index (χ0v) is 11.5. The Balaban J connectivity index is 1.98. The van der Waals surface area contributed by atoms with Crippen molar-refractivity contribution in [3.63, 3.8) is 0 Å². The van der Waals surface area contributed by atoms with Gasteiger partial charge in [0.1, 0.15) is 6.04 Å². The number of likely N-dealkylation sites (tertiary alicyclic amines) is 1. The van der Waals surface area contributed by atoms with Crippen molar-refractivity contribution in [2.24, 2.45) is 5.41 Å². The van der Waals surface area contributed by atoms with Crippen LogP contribution in [-0.4, -0.2) is 42.0 Å². The quantitative estimate of drug-likeness (QED) is 0.774. The van der Waals surface area contributed by atoms with Crippen LogP contribution in [0.15, 0.2) is 0 Å². The summed E-state index contributed by atoms with van der Waals surface area (Å²) in [6.07, 6.45) is 3.17. The maximum atomic E-state index is 12.4. The van der Waals surface area contributed by atoms with Crippen LogP contribution in [0.5, 0.6) is 0 Å². The first-order chi connectivity index (χ1) is 8.37. The van der Waals surface area contributed by atoms with E-state index in [4.69, 9.17) is 0 Å². The zero-order chi connectivity index (χ0) is 13.3. The Morgan fingerprint density at radius 2 is 2.17 bits per heavy atom. The molecule has 0 saturated carbocycles. The predicted molar refractivity (Wildman–Crippen MR) is 69.1 cm³/mol. The molecule has 2 fully saturated rings. The minimum Gasteiger partial charge on any atom is -0.338 e. The number of carbonyl (C=O) groups excluding carboxylic acids is 2. The van der Waals surface area contributed by atoms with E-state index in [0.29, 0.717) is 12.6 Å². The lowest BCUT2D eigenvalue weighted by Gasteiger charge is -2.31. The zero-order valence-electron chi connectivity index (χ0n) is 11.5. The van der Waals surface area contributed by atoms with Gasteiger partial charge in [-0.2, -0.15) is 0 Å². The molecular formula is C13H23N3O2. The monoisotopic (exact) mass is 253 g/mol. The highest BCUT2D eigenvalue weighted by Gasteiger charge is 2.37. The van der Waals surface area contributed by atoms with E-state index in [2.05, 4.69) is 31.4 Å². The molecule has 2 rings (SSSR count). The predicted octanol–water partition coefficient (Wildman–Crippen LogP) is 1.09. The van der Waals surface area contributed by atoms with Crippen LogP contribution < -0.4 is 10.6 Å². The Hall–Kier alpha value is -1.26. The number of hydrogen-bond donors (Lipinski definition) is 2. The molecule has 2 saturated heterocycles. The molecule has 102 valence electrons. The molecule has 2 heterocycles. The van der Waals surface area contributed by atoms with E-state index in [1.165, 1.54) is 0 Å². The van der Waals surface area contributed by atoms with E-state index in [0.717, 1.165) is 25.8 Å². The second kappa shape index (κ2) is 4.78. The number of nitrogens with one attached hydrogen (secondary N) is 2. The van der Waals surface area contributed by atoms with Crippen molar-refractivity contribution < 1.29 is 9.59 Å². The highest BCUT2D eigenvalue weighted by molar-refractivity contribution is 5.90. The van der Waals surface area contributed by atoms with Gasteiger partial charge in [0.2, 0.25) is 5.91 Å². The van der Waals surface area contributed by atoms with Gasteiger partial charge in [0.15, 0.2) is 0 Å². The van der Waals surface area contributed by atoms with Crippen LogP contribution in [0, 0.1) is 5.41 Å². The summed E-state index contributed by atoms with van der Waals surface area (Å²) in [6, 6.07) is -0.284. The minimum absolute atomic E-state index is 0.0695. The number of carbonyl (C=O) groups is 2. The molecule has 2 aliphatic rings. The highest BCUT2D eigenvalue weighted by Crippen LogP contribution is 2.30. The van der Waals surface area contributed by atoms with Crippen molar-refractivity contribution in [1.29, 1.82) is 0 Å². The van der Waals surface area contributed by atoms with E-state index in [-0.39, 0.29) is 23.4 Å². The van der Waals surface area contributed by atoms with Gasteiger partial charge in [-0.3, -0.25) is 4.79 Å². The molecule has 18 heavy (non-hydrogen) atoms. The molecule has 0 aliphatic carbocycles. The fraction of sp³-hybridized carbons (Fsp3) is 0.846. The first-order valence-electron chi connectivity index (χ1n) is 6.72. The Kier molecular flexibility index (Phi) is 3.50. The number of amides is 3. The molecule has 0 aromatic rings. The Morgan fingerprint density at radius 3 is 2.72 bits per heavy atom. The lowest BCUT2D eigenvalue weighted by molar-refractivity contribution is -0.133. The van der Waals surface area contributed by atoms with Crippen molar-refractivity contribution in [2.45, 2.75) is 52.1 Å². The third-order valence-electron chi connectivity index (χ3n) is 3.58. The van der Waals surface area contributed by atoms with Gasteiger partial charge in [0, 0.05) is 19.1 Å². The second-order valence-corrected chi connectivity index (χ2v) is 6.50. The fourth-order valence-corrected chi connectivity index (χ4v) is 2.85. The summed E-state index contributed by atoms with van der Waals surface area (Å²) >= 11 is 0. The first-order valence-corrected chi connectivity index (χ1v) is 6.72. The summed E-state index contributed by atoms with van der Waals surface area (Å²) in [7, 11) is 0. The number of rotatable bonds is 2. The average Bonchev–Trinajstić information content (AvgIpc) is 2.84. The van der Waals surface area contributed by atoms with Crippen LogP contribution in [0.1, 0.15) is 40.0 Å². The molecule has 5 heteroatoms. The Labute approximate surface area is 108 Å². The standard InChI is InChI=1S/C13H23N3O2/c1-13(2,3)7-9-5-4-6-16(9)11(17)10-8-14-12(18)15-10/h9-10H,4-8H2,1-3H3,(H2,14,15,18)/t9-,10-/m0/s1. The van der Waals surface area contributed by atoms with E-state index in [1.54, 1.807) is 0 Å². The summed E-state index contributed by atoms with van der Waals surface area (Å²) in [6.45, 7) is 7.84. The van der Waals surface area contributed by atoms with Gasteiger partial charge in [0.05, 0.1) is 0 Å². The van der Waals surface area contributed by atoms with E-state index in [1.807, 2.05) is 4.90 Å². The summed E-state index contributed by atoms with van der Waals surface area (Å²) in [4.78, 5) is 25.4. The van der Waals surface area contributed by atoms with Crippen LogP contribution in [0.3, 0.4) is 0 Å². The molecule has 0 aromatic heterocycles. The lowest BCUT2D eigenvalue weighted by Crippen LogP contribution is -2.48. The van der Waals surface area contributed by atoms with E-state index < -0.39 is 0 Å². The van der Waals surface area contributed by atoms with Gasteiger partial charge < -0.3 is 15.5 Å². The average molecular weight is 253 g/mol. The first kappa shape index (κ1) is 13.2. The van der Waals surface area contributed by atoms with Gasteiger partial charge in [-0.05, 0) is 24.7 Å². The molecular weight excluding hydrogens is 230 g/mol. The maximum Gasteiger partial charge on any atom is 0.315 e. The van der Waals surface area contributed by atoms with Gasteiger partial charge in [-0.15, -0.1) is 0 Å². The Bertz CT molecular complexity index is 349. The van der Waals surface area contributed by atoms with Crippen molar-refractivity contribution >= 4 is 11.9 Å². The van der Waals surface area contributed by atoms with Gasteiger partial charge in [0.25, 0.3) is 0 Å². The van der Waals surface area contributed by atoms with Crippen LogP contribution in [0.4, 0.5) is 4.79 Å². The molecule has 0 aromatic carbocycles. The topological polar surface area (TPSA) is 61.4 Å². The van der Waals surface area contributed by atoms with Crippen LogP contribution >= 0.6 is 0 Å². The molecule has 0 radical (unpaired) electrons. The largest absolute Gasteiger partial charge is 0.338 e. The van der Waals surface area contributed by atoms with Crippen molar-refractivity contribution in [1.82, 2.24) is 15.5 Å². The SMILES string of the molecule is CC(C)(C)C[C@@H]1CCCN1C(=O)[C@@H]1CNC(=O)N1. The summed E-state index contributed by atoms with van der Waals surface area (Å²) < 4.78 is 0. The summed E-state index contributed by atoms with van der Waals surface area (Å²) in [5.41, 5.74) is 0.227. The molecule has 5 nitrogen and oxygen atoms in total. The number of hydrogen-bond acceptors (Lipinski definition) is 2. The molecule has 0 spiro atoms. The molecule has 2 aliphatic heterocycles. The fourth-order valence-electron chi connectivity index (χ4n) is 2.85. The third kappa shape index (κ3) is 2.94. The van der Waals surface area contributed by atoms with Crippen LogP contribution in [0.2, 0.25) is 0 Å². The molecule has 2 atom stereocenters. The van der Waals surface area contributed by atoms with E-state index in [9.17, 15) is 9.59 Å². The summed E-state index contributed by atoms with van der Waals surface area (Å²) in [5, 5.41) is 5.31. The highest BCUT2D eigenvalue weighted by atomic mass is 16.2. The van der Waals surface area contributed by atoms with Gasteiger partial charge in [-0.25, -0.2) is 4.79 Å². The minimum atomic E-state index is -0.377. The van der Waals surface area contributed by atoms with Crippen molar-refractivity contribution in [2.75, 3.05) is 13.1 Å². The van der Waals surface area contributed by atoms with Crippen LogP contribution in [0.25, 0.3) is 0 Å². The summed E-state index contributed by atoms with van der Waals surface area (Å²) in [5.74, 6) is 0.0695. The smallest absolute Gasteiger partial charge is 0.315 e. The normalized spacial score (nSPS) is 28.2. The number of urea groups is 1. The van der Waals surface area contributed by atoms with Crippen LogP contribution in [-0.2, 0) is 4.79 Å². The van der Waals surface area contributed by atoms with E-state index >= 15 is 0 Å². The van der Waals surface area contributed by atoms with Gasteiger partial charge >= 0.3 is 6.03 Å². The van der Waals surface area contributed by atoms with Crippen molar-refractivity contribution in [3.05, 3.63) is 0 Å².